The normalized spacial score (nSPS) is 9.74. The van der Waals surface area contributed by atoms with Gasteiger partial charge >= 0.3 is 56.6 Å². The zero-order valence-corrected chi connectivity index (χ0v) is 13.2. The van der Waals surface area contributed by atoms with Crippen LogP contribution in [0.1, 0.15) is 19.3 Å². The molecule has 0 aromatic rings. The van der Waals surface area contributed by atoms with Gasteiger partial charge in [-0.2, -0.15) is 0 Å². The van der Waals surface area contributed by atoms with Gasteiger partial charge in [0.15, 0.2) is 0 Å². The first-order valence-corrected chi connectivity index (χ1v) is 5.43. The molecule has 0 spiro atoms. The van der Waals surface area contributed by atoms with Gasteiger partial charge in [0.2, 0.25) is 5.91 Å². The third-order valence-corrected chi connectivity index (χ3v) is 2.08. The van der Waals surface area contributed by atoms with E-state index in [1.807, 2.05) is 10.6 Å². The summed E-state index contributed by atoms with van der Waals surface area (Å²) in [5.74, 6) is -7.38. The average Bonchev–Trinajstić information content (AvgIpc) is 2.34. The quantitative estimate of drug-likeness (QED) is 0.327. The van der Waals surface area contributed by atoms with Crippen LogP contribution in [0.4, 0.5) is 0 Å². The number of carboxylic acid groups (broad SMARTS) is 3. The van der Waals surface area contributed by atoms with Crippen molar-refractivity contribution >= 4 is 29.7 Å². The van der Waals surface area contributed by atoms with Crippen molar-refractivity contribution in [3.8, 4) is 0 Å². The topological polar surface area (TPSA) is 179 Å². The van der Waals surface area contributed by atoms with Gasteiger partial charge in [-0.15, -0.1) is 0 Å². The Balaban J connectivity index is -0.000000602. The molecular formula is C10H11Li3N2O8. The molecule has 0 heterocycles. The van der Waals surface area contributed by atoms with Gasteiger partial charge in [-0.1, -0.05) is 0 Å². The van der Waals surface area contributed by atoms with Crippen molar-refractivity contribution in [3.05, 3.63) is 0 Å². The number of amides is 2. The number of carbonyl (C=O) groups is 5. The standard InChI is InChI=1S/C10H14N2O8.3Li/c13-6(1-2-7(14)15)12-5(9(17)18)3-4-11-8(16)10(19)20;;;/h5H,1-4H2,(H,11,16)(H,12,13)(H,14,15)(H,17,18)(H,19,20);;;/q;3*+1/p-3/t5-;;;/m0.../s1. The third-order valence-electron chi connectivity index (χ3n) is 2.08. The number of hydrogen-bond donors (Lipinski definition) is 2. The van der Waals surface area contributed by atoms with Crippen LogP contribution in [-0.4, -0.2) is 42.3 Å². The summed E-state index contributed by atoms with van der Waals surface area (Å²) < 4.78 is 0. The van der Waals surface area contributed by atoms with Gasteiger partial charge in [-0.3, -0.25) is 9.59 Å². The van der Waals surface area contributed by atoms with E-state index >= 15 is 0 Å². The summed E-state index contributed by atoms with van der Waals surface area (Å²) >= 11 is 0. The number of carboxylic acids is 3. The molecule has 2 amide bonds. The molecule has 0 aromatic carbocycles. The molecule has 112 valence electrons. The van der Waals surface area contributed by atoms with Crippen LogP contribution in [-0.2, 0) is 24.0 Å². The number of carbonyl (C=O) groups excluding carboxylic acids is 5. The molecule has 0 radical (unpaired) electrons. The first-order valence-electron chi connectivity index (χ1n) is 5.43. The minimum Gasteiger partial charge on any atom is -0.550 e. The molecule has 0 saturated heterocycles. The fourth-order valence-electron chi connectivity index (χ4n) is 1.13. The van der Waals surface area contributed by atoms with Crippen molar-refractivity contribution in [1.82, 2.24) is 10.6 Å². The van der Waals surface area contributed by atoms with Crippen LogP contribution < -0.4 is 82.5 Å². The van der Waals surface area contributed by atoms with Gasteiger partial charge in [0.05, 0.1) is 12.0 Å². The molecular weight excluding hydrogens is 297 g/mol. The Morgan fingerprint density at radius 3 is 1.78 bits per heavy atom. The van der Waals surface area contributed by atoms with Gasteiger partial charge in [0, 0.05) is 18.9 Å². The zero-order valence-electron chi connectivity index (χ0n) is 13.2. The molecule has 0 aliphatic rings. The smallest absolute Gasteiger partial charge is 0.550 e. The van der Waals surface area contributed by atoms with Crippen molar-refractivity contribution in [1.29, 1.82) is 0 Å². The van der Waals surface area contributed by atoms with E-state index in [2.05, 4.69) is 0 Å². The van der Waals surface area contributed by atoms with Gasteiger partial charge in [0.1, 0.15) is 5.97 Å². The SMILES string of the molecule is O=C([O-])CCC(=O)N[C@@H](CCNC(=O)C(=O)[O-])C(=O)[O-].[Li+].[Li+].[Li+]. The van der Waals surface area contributed by atoms with E-state index in [9.17, 15) is 39.3 Å². The summed E-state index contributed by atoms with van der Waals surface area (Å²) in [6.07, 6.45) is -1.39. The predicted octanol–water partition coefficient (Wildman–Crippen LogP) is -15.0. The van der Waals surface area contributed by atoms with E-state index in [0.717, 1.165) is 0 Å². The molecule has 0 rings (SSSR count). The van der Waals surface area contributed by atoms with E-state index in [4.69, 9.17) is 0 Å². The Hall–Kier alpha value is -0.858. The first kappa shape index (κ1) is 30.1. The molecule has 2 N–H and O–H groups in total. The maximum absolute atomic E-state index is 11.2. The van der Waals surface area contributed by atoms with Crippen LogP contribution >= 0.6 is 0 Å². The molecule has 0 fully saturated rings. The summed E-state index contributed by atoms with van der Waals surface area (Å²) in [4.78, 5) is 52.6. The van der Waals surface area contributed by atoms with Crippen LogP contribution in [0.3, 0.4) is 0 Å². The van der Waals surface area contributed by atoms with Crippen LogP contribution in [0.2, 0.25) is 0 Å². The number of nitrogens with one attached hydrogen (secondary N) is 2. The average molecular weight is 308 g/mol. The zero-order chi connectivity index (χ0) is 15.7. The summed E-state index contributed by atoms with van der Waals surface area (Å²) in [6.45, 7) is -0.355. The van der Waals surface area contributed by atoms with Crippen molar-refractivity contribution in [2.45, 2.75) is 25.3 Å². The van der Waals surface area contributed by atoms with E-state index in [-0.39, 0.29) is 69.5 Å². The second kappa shape index (κ2) is 16.0. The Morgan fingerprint density at radius 1 is 0.870 bits per heavy atom. The van der Waals surface area contributed by atoms with Crippen LogP contribution in [0.5, 0.6) is 0 Å². The Labute approximate surface area is 167 Å². The Kier molecular flexibility index (Phi) is 20.9. The molecule has 13 heteroatoms. The van der Waals surface area contributed by atoms with Gasteiger partial charge in [0.25, 0.3) is 5.91 Å². The minimum absolute atomic E-state index is 0. The monoisotopic (exact) mass is 308 g/mol. The summed E-state index contributed by atoms with van der Waals surface area (Å²) in [6, 6.07) is -1.49. The second-order valence-corrected chi connectivity index (χ2v) is 3.64. The largest absolute Gasteiger partial charge is 1.00 e. The summed E-state index contributed by atoms with van der Waals surface area (Å²) in [7, 11) is 0. The van der Waals surface area contributed by atoms with Gasteiger partial charge in [-0.05, 0) is 12.8 Å². The number of rotatable bonds is 8. The molecule has 0 aliphatic heterocycles. The first-order chi connectivity index (χ1) is 9.23. The van der Waals surface area contributed by atoms with Crippen LogP contribution in [0, 0.1) is 0 Å². The molecule has 0 aromatic heterocycles. The Morgan fingerprint density at radius 2 is 1.39 bits per heavy atom. The summed E-state index contributed by atoms with van der Waals surface area (Å²) in [5.41, 5.74) is 0. The molecule has 23 heavy (non-hydrogen) atoms. The van der Waals surface area contributed by atoms with Crippen molar-refractivity contribution in [2.24, 2.45) is 0 Å². The van der Waals surface area contributed by atoms with Crippen molar-refractivity contribution in [2.75, 3.05) is 6.54 Å². The maximum Gasteiger partial charge on any atom is 1.00 e. The third kappa shape index (κ3) is 15.8. The molecule has 10 nitrogen and oxygen atoms in total. The molecule has 0 bridgehead atoms. The van der Waals surface area contributed by atoms with E-state index in [0.29, 0.717) is 0 Å². The van der Waals surface area contributed by atoms with Crippen molar-refractivity contribution < 1.29 is 95.9 Å². The Bertz CT molecular complexity index is 432. The van der Waals surface area contributed by atoms with E-state index < -0.39 is 48.6 Å². The van der Waals surface area contributed by atoms with Gasteiger partial charge < -0.3 is 40.3 Å². The molecule has 0 unspecified atom stereocenters. The maximum atomic E-state index is 11.2. The summed E-state index contributed by atoms with van der Waals surface area (Å²) in [5, 5.41) is 34.7. The fraction of sp³-hybridized carbons (Fsp3) is 0.500. The van der Waals surface area contributed by atoms with Gasteiger partial charge in [-0.25, -0.2) is 0 Å². The van der Waals surface area contributed by atoms with Crippen LogP contribution in [0.25, 0.3) is 0 Å². The van der Waals surface area contributed by atoms with Crippen LogP contribution in [0.15, 0.2) is 0 Å². The van der Waals surface area contributed by atoms with E-state index in [1.165, 1.54) is 0 Å². The predicted molar refractivity (Wildman–Crippen MR) is 53.8 cm³/mol. The minimum atomic E-state index is -1.98. The number of hydrogen-bond acceptors (Lipinski definition) is 8. The van der Waals surface area contributed by atoms with E-state index in [1.54, 1.807) is 0 Å². The number of aliphatic carboxylic acids is 3. The molecule has 0 aliphatic carbocycles. The fourth-order valence-corrected chi connectivity index (χ4v) is 1.13. The molecule has 1 atom stereocenters. The molecule has 0 saturated carbocycles. The van der Waals surface area contributed by atoms with Crippen molar-refractivity contribution in [3.63, 3.8) is 0 Å². The second-order valence-electron chi connectivity index (χ2n) is 3.64.